The van der Waals surface area contributed by atoms with E-state index >= 15 is 0 Å². The smallest absolute Gasteiger partial charge is 0.306 e. The van der Waals surface area contributed by atoms with Crippen LogP contribution in [0.4, 0.5) is 0 Å². The molecule has 0 bridgehead atoms. The molecular weight excluding hydrogens is 348 g/mol. The number of ether oxygens (including phenoxy) is 1. The average molecular weight is 387 g/mol. The Kier molecular flexibility index (Phi) is 9.73. The van der Waals surface area contributed by atoms with E-state index in [2.05, 4.69) is 13.0 Å². The van der Waals surface area contributed by atoms with E-state index in [9.17, 15) is 9.59 Å². The Morgan fingerprint density at radius 3 is 2.36 bits per heavy atom. The third-order valence-corrected chi connectivity index (χ3v) is 6.14. The molecule has 1 fully saturated rings. The van der Waals surface area contributed by atoms with Crippen molar-refractivity contribution in [2.45, 2.75) is 103 Å². The SMILES string of the molecule is CCCCCC1CCC(c2ccccc2C(=O)C(C)OC(=O)CCCC)CC1. The summed E-state index contributed by atoms with van der Waals surface area (Å²) in [5.74, 6) is 0.966. The second kappa shape index (κ2) is 12.0. The zero-order valence-corrected chi connectivity index (χ0v) is 18.0. The van der Waals surface area contributed by atoms with Gasteiger partial charge in [-0.1, -0.05) is 70.2 Å². The summed E-state index contributed by atoms with van der Waals surface area (Å²) in [7, 11) is 0. The highest BCUT2D eigenvalue weighted by Gasteiger charge is 2.27. The molecular formula is C25H38O3. The van der Waals surface area contributed by atoms with Gasteiger partial charge in [-0.3, -0.25) is 9.59 Å². The van der Waals surface area contributed by atoms with Crippen LogP contribution in [-0.4, -0.2) is 17.9 Å². The number of hydrogen-bond acceptors (Lipinski definition) is 3. The Bertz CT molecular complexity index is 614. The van der Waals surface area contributed by atoms with E-state index in [0.717, 1.165) is 42.7 Å². The number of carbonyl (C=O) groups is 2. The number of rotatable bonds is 11. The van der Waals surface area contributed by atoms with Crippen molar-refractivity contribution in [1.82, 2.24) is 0 Å². The summed E-state index contributed by atoms with van der Waals surface area (Å²) in [6, 6.07) is 7.94. The highest BCUT2D eigenvalue weighted by molar-refractivity contribution is 6.01. The van der Waals surface area contributed by atoms with Crippen LogP contribution in [0.2, 0.25) is 0 Å². The van der Waals surface area contributed by atoms with E-state index in [1.165, 1.54) is 38.5 Å². The van der Waals surface area contributed by atoms with Crippen molar-refractivity contribution < 1.29 is 14.3 Å². The second-order valence-corrected chi connectivity index (χ2v) is 8.40. The fourth-order valence-electron chi connectivity index (χ4n) is 4.37. The van der Waals surface area contributed by atoms with Gasteiger partial charge in [-0.2, -0.15) is 0 Å². The summed E-state index contributed by atoms with van der Waals surface area (Å²) in [5.41, 5.74) is 1.89. The summed E-state index contributed by atoms with van der Waals surface area (Å²) in [6.07, 6.45) is 11.6. The molecule has 1 unspecified atom stereocenters. The number of carbonyl (C=O) groups excluding carboxylic acids is 2. The number of unbranched alkanes of at least 4 members (excludes halogenated alkanes) is 3. The van der Waals surface area contributed by atoms with E-state index in [0.29, 0.717) is 12.3 Å². The van der Waals surface area contributed by atoms with Gasteiger partial charge in [-0.15, -0.1) is 0 Å². The zero-order valence-electron chi connectivity index (χ0n) is 18.0. The first-order valence-corrected chi connectivity index (χ1v) is 11.4. The third-order valence-electron chi connectivity index (χ3n) is 6.14. The van der Waals surface area contributed by atoms with Crippen LogP contribution in [0.15, 0.2) is 24.3 Å². The summed E-state index contributed by atoms with van der Waals surface area (Å²) in [6.45, 7) is 6.00. The lowest BCUT2D eigenvalue weighted by Crippen LogP contribution is -2.26. The topological polar surface area (TPSA) is 43.4 Å². The molecule has 1 aromatic carbocycles. The molecule has 0 amide bonds. The summed E-state index contributed by atoms with van der Waals surface area (Å²) >= 11 is 0. The molecule has 1 aliphatic rings. The molecule has 2 rings (SSSR count). The van der Waals surface area contributed by atoms with Crippen LogP contribution >= 0.6 is 0 Å². The molecule has 0 N–H and O–H groups in total. The minimum Gasteiger partial charge on any atom is -0.454 e. The largest absolute Gasteiger partial charge is 0.454 e. The zero-order chi connectivity index (χ0) is 20.4. The van der Waals surface area contributed by atoms with Crippen LogP contribution in [0.3, 0.4) is 0 Å². The fraction of sp³-hybridized carbons (Fsp3) is 0.680. The molecule has 1 atom stereocenters. The van der Waals surface area contributed by atoms with E-state index < -0.39 is 6.10 Å². The highest BCUT2D eigenvalue weighted by Crippen LogP contribution is 2.39. The second-order valence-electron chi connectivity index (χ2n) is 8.40. The monoisotopic (exact) mass is 386 g/mol. The van der Waals surface area contributed by atoms with Gasteiger partial charge in [0.2, 0.25) is 5.78 Å². The third kappa shape index (κ3) is 6.76. The van der Waals surface area contributed by atoms with Crippen LogP contribution in [0.1, 0.15) is 113 Å². The van der Waals surface area contributed by atoms with Gasteiger partial charge in [0.25, 0.3) is 0 Å². The maximum absolute atomic E-state index is 13.0. The number of Topliss-reactive ketones (excluding diaryl/α,β-unsaturated/α-hetero) is 1. The first-order chi connectivity index (χ1) is 13.6. The Labute approximate surface area is 171 Å². The van der Waals surface area contributed by atoms with Crippen molar-refractivity contribution in [3.8, 4) is 0 Å². The standard InChI is InChI=1S/C25H38O3/c1-4-6-8-11-20-15-17-21(18-16-20)22-12-9-10-13-23(22)25(27)19(3)28-24(26)14-7-5-2/h9-10,12-13,19-21H,4-8,11,14-18H2,1-3H3. The van der Waals surface area contributed by atoms with Crippen molar-refractivity contribution >= 4 is 11.8 Å². The van der Waals surface area contributed by atoms with Crippen molar-refractivity contribution in [3.05, 3.63) is 35.4 Å². The predicted octanol–water partition coefficient (Wildman–Crippen LogP) is 6.85. The molecule has 1 aromatic rings. The number of ketones is 1. The average Bonchev–Trinajstić information content (AvgIpc) is 2.72. The first-order valence-electron chi connectivity index (χ1n) is 11.4. The summed E-state index contributed by atoms with van der Waals surface area (Å²) < 4.78 is 5.39. The molecule has 0 aliphatic heterocycles. The van der Waals surface area contributed by atoms with Gasteiger partial charge >= 0.3 is 5.97 Å². The summed E-state index contributed by atoms with van der Waals surface area (Å²) in [5, 5.41) is 0. The predicted molar refractivity (Wildman–Crippen MR) is 115 cm³/mol. The lowest BCUT2D eigenvalue weighted by molar-refractivity contribution is -0.146. The maximum atomic E-state index is 13.0. The maximum Gasteiger partial charge on any atom is 0.306 e. The minimum atomic E-state index is -0.712. The van der Waals surface area contributed by atoms with Crippen molar-refractivity contribution in [3.63, 3.8) is 0 Å². The lowest BCUT2D eigenvalue weighted by Gasteiger charge is -2.30. The van der Waals surface area contributed by atoms with E-state index in [4.69, 9.17) is 4.74 Å². The molecule has 156 valence electrons. The normalized spacial score (nSPS) is 20.5. The van der Waals surface area contributed by atoms with Crippen molar-refractivity contribution in [2.75, 3.05) is 0 Å². The van der Waals surface area contributed by atoms with Gasteiger partial charge in [0.05, 0.1) is 0 Å². The number of benzene rings is 1. The molecule has 28 heavy (non-hydrogen) atoms. The van der Waals surface area contributed by atoms with Crippen LogP contribution in [0.25, 0.3) is 0 Å². The van der Waals surface area contributed by atoms with Gasteiger partial charge in [0.15, 0.2) is 6.10 Å². The molecule has 0 heterocycles. The molecule has 0 radical (unpaired) electrons. The lowest BCUT2D eigenvalue weighted by atomic mass is 9.75. The van der Waals surface area contributed by atoms with Gasteiger partial charge in [0, 0.05) is 12.0 Å². The molecule has 0 spiro atoms. The fourth-order valence-corrected chi connectivity index (χ4v) is 4.37. The minimum absolute atomic E-state index is 0.0643. The van der Waals surface area contributed by atoms with E-state index in [1.807, 2.05) is 25.1 Å². The Hall–Kier alpha value is -1.64. The van der Waals surface area contributed by atoms with Gasteiger partial charge in [0.1, 0.15) is 0 Å². The first kappa shape index (κ1) is 22.6. The van der Waals surface area contributed by atoms with Crippen molar-refractivity contribution in [1.29, 1.82) is 0 Å². The van der Waals surface area contributed by atoms with Crippen LogP contribution < -0.4 is 0 Å². The van der Waals surface area contributed by atoms with Crippen molar-refractivity contribution in [2.24, 2.45) is 5.92 Å². The Morgan fingerprint density at radius 2 is 1.68 bits per heavy atom. The number of esters is 1. The van der Waals surface area contributed by atoms with Gasteiger partial charge < -0.3 is 4.74 Å². The van der Waals surface area contributed by atoms with E-state index in [-0.39, 0.29) is 11.8 Å². The van der Waals surface area contributed by atoms with Gasteiger partial charge in [-0.05, 0) is 56.4 Å². The molecule has 1 aliphatic carbocycles. The van der Waals surface area contributed by atoms with E-state index in [1.54, 1.807) is 6.92 Å². The Morgan fingerprint density at radius 1 is 1.00 bits per heavy atom. The van der Waals surface area contributed by atoms with Gasteiger partial charge in [-0.25, -0.2) is 0 Å². The molecule has 0 saturated heterocycles. The quantitative estimate of drug-likeness (QED) is 0.237. The summed E-state index contributed by atoms with van der Waals surface area (Å²) in [4.78, 5) is 24.9. The Balaban J connectivity index is 1.97. The van der Waals surface area contributed by atoms with Crippen LogP contribution in [0, 0.1) is 5.92 Å². The molecule has 3 heteroatoms. The highest BCUT2D eigenvalue weighted by atomic mass is 16.5. The van der Waals surface area contributed by atoms with Crippen LogP contribution in [-0.2, 0) is 9.53 Å². The molecule has 3 nitrogen and oxygen atoms in total. The number of hydrogen-bond donors (Lipinski definition) is 0. The van der Waals surface area contributed by atoms with Crippen LogP contribution in [0.5, 0.6) is 0 Å². The molecule has 0 aromatic heterocycles. The molecule has 1 saturated carbocycles.